The Balaban J connectivity index is 2.00. The zero-order valence-corrected chi connectivity index (χ0v) is 15.8. The lowest BCUT2D eigenvalue weighted by molar-refractivity contribution is -0.137. The van der Waals surface area contributed by atoms with Crippen molar-refractivity contribution in [2.75, 3.05) is 6.54 Å². The Morgan fingerprint density at radius 3 is 2.14 bits per heavy atom. The molecule has 1 amide bonds. The molecule has 0 saturated heterocycles. The molecule has 1 atom stereocenters. The molecule has 1 unspecified atom stereocenters. The van der Waals surface area contributed by atoms with Crippen LogP contribution >= 0.6 is 0 Å². The summed E-state index contributed by atoms with van der Waals surface area (Å²) in [7, 11) is 0. The summed E-state index contributed by atoms with van der Waals surface area (Å²) in [5, 5.41) is 12.3. The molecule has 2 N–H and O–H groups in total. The number of hydrogen-bond acceptors (Lipinski definition) is 3. The third kappa shape index (κ3) is 5.42. The van der Waals surface area contributed by atoms with Crippen LogP contribution in [0.4, 0.5) is 13.2 Å². The molecular weight excluding hydrogens is 371 g/mol. The first-order valence-corrected chi connectivity index (χ1v) is 8.68. The Labute approximate surface area is 161 Å². The number of alkyl halides is 3. The van der Waals surface area contributed by atoms with Crippen molar-refractivity contribution in [3.05, 3.63) is 70.8 Å². The van der Waals surface area contributed by atoms with Crippen molar-refractivity contribution in [1.29, 1.82) is 0 Å². The number of amides is 1. The van der Waals surface area contributed by atoms with Crippen molar-refractivity contribution in [2.24, 2.45) is 0 Å². The maximum absolute atomic E-state index is 12.7. The van der Waals surface area contributed by atoms with E-state index in [2.05, 4.69) is 5.32 Å². The molecule has 0 spiro atoms. The second kappa shape index (κ2) is 8.14. The van der Waals surface area contributed by atoms with E-state index in [0.717, 1.165) is 17.7 Å². The smallest absolute Gasteiger partial charge is 0.387 e. The molecule has 4 nitrogen and oxygen atoms in total. The van der Waals surface area contributed by atoms with Gasteiger partial charge in [-0.1, -0.05) is 57.2 Å². The molecule has 0 aromatic heterocycles. The maximum Gasteiger partial charge on any atom is 0.416 e. The van der Waals surface area contributed by atoms with Gasteiger partial charge in [-0.05, 0) is 28.7 Å². The predicted octanol–water partition coefficient (Wildman–Crippen LogP) is 4.04. The van der Waals surface area contributed by atoms with E-state index in [4.69, 9.17) is 0 Å². The normalized spacial score (nSPS) is 13.1. The van der Waals surface area contributed by atoms with Crippen LogP contribution in [0, 0.1) is 0 Å². The Morgan fingerprint density at radius 2 is 1.61 bits per heavy atom. The Hall–Kier alpha value is -2.67. The molecule has 0 aliphatic rings. The molecule has 0 bridgehead atoms. The van der Waals surface area contributed by atoms with Gasteiger partial charge >= 0.3 is 6.18 Å². The van der Waals surface area contributed by atoms with Gasteiger partial charge in [-0.25, -0.2) is 0 Å². The number of rotatable bonds is 5. The number of nitrogens with one attached hydrogen (secondary N) is 1. The second-order valence-corrected chi connectivity index (χ2v) is 7.51. The molecule has 2 aromatic rings. The van der Waals surface area contributed by atoms with Crippen molar-refractivity contribution in [2.45, 2.75) is 38.5 Å². The standard InChI is InChI=1S/C21H22F3NO3/c1-20(2,3)15-9-7-13(8-10-15)18(27)19(28)25-12-17(26)14-5-4-6-16(11-14)21(22,23)24/h4-11,17,26H,12H2,1-3H3,(H,25,28). The van der Waals surface area contributed by atoms with Crippen molar-refractivity contribution in [3.8, 4) is 0 Å². The van der Waals surface area contributed by atoms with Crippen molar-refractivity contribution in [3.63, 3.8) is 0 Å². The van der Waals surface area contributed by atoms with Crippen molar-refractivity contribution < 1.29 is 27.9 Å². The van der Waals surface area contributed by atoms with E-state index in [0.29, 0.717) is 0 Å². The molecule has 0 saturated carbocycles. The zero-order valence-electron chi connectivity index (χ0n) is 15.8. The van der Waals surface area contributed by atoms with Gasteiger partial charge in [0.15, 0.2) is 0 Å². The quantitative estimate of drug-likeness (QED) is 0.595. The van der Waals surface area contributed by atoms with Crippen molar-refractivity contribution in [1.82, 2.24) is 5.32 Å². The maximum atomic E-state index is 12.7. The SMILES string of the molecule is CC(C)(C)c1ccc(C(=O)C(=O)NCC(O)c2cccc(C(F)(F)F)c2)cc1. The fraction of sp³-hybridized carbons (Fsp3) is 0.333. The van der Waals surface area contributed by atoms with Crippen LogP contribution in [0.15, 0.2) is 48.5 Å². The summed E-state index contributed by atoms with van der Waals surface area (Å²) >= 11 is 0. The van der Waals surface area contributed by atoms with Crippen LogP contribution in [0.2, 0.25) is 0 Å². The Kier molecular flexibility index (Phi) is 6.29. The number of aliphatic hydroxyl groups is 1. The molecule has 0 fully saturated rings. The molecule has 2 rings (SSSR count). The van der Waals surface area contributed by atoms with Gasteiger partial charge in [0.1, 0.15) is 0 Å². The average Bonchev–Trinajstić information content (AvgIpc) is 2.64. The molecule has 28 heavy (non-hydrogen) atoms. The van der Waals surface area contributed by atoms with E-state index in [1.54, 1.807) is 24.3 Å². The number of hydrogen-bond donors (Lipinski definition) is 2. The van der Waals surface area contributed by atoms with Gasteiger partial charge in [-0.2, -0.15) is 13.2 Å². The number of carbonyl (C=O) groups excluding carboxylic acids is 2. The highest BCUT2D eigenvalue weighted by Gasteiger charge is 2.31. The van der Waals surface area contributed by atoms with Crippen molar-refractivity contribution >= 4 is 11.7 Å². The fourth-order valence-electron chi connectivity index (χ4n) is 2.56. The van der Waals surface area contributed by atoms with Crippen LogP contribution in [0.5, 0.6) is 0 Å². The molecule has 7 heteroatoms. The summed E-state index contributed by atoms with van der Waals surface area (Å²) in [5.74, 6) is -1.72. The van der Waals surface area contributed by atoms with E-state index >= 15 is 0 Å². The number of Topliss-reactive ketones (excluding diaryl/α,β-unsaturated/α-hetero) is 1. The fourth-order valence-corrected chi connectivity index (χ4v) is 2.56. The average molecular weight is 393 g/mol. The van der Waals surface area contributed by atoms with Crippen LogP contribution in [0.25, 0.3) is 0 Å². The van der Waals surface area contributed by atoms with Crippen LogP contribution in [0.3, 0.4) is 0 Å². The first-order chi connectivity index (χ1) is 12.9. The summed E-state index contributed by atoms with van der Waals surface area (Å²) in [5.41, 5.74) is 0.199. The summed E-state index contributed by atoms with van der Waals surface area (Å²) in [6.45, 7) is 5.68. The number of benzene rings is 2. The molecule has 0 aliphatic heterocycles. The summed E-state index contributed by atoms with van der Waals surface area (Å²) in [6, 6.07) is 10.8. The summed E-state index contributed by atoms with van der Waals surface area (Å²) in [6.07, 6.45) is -5.91. The van der Waals surface area contributed by atoms with E-state index in [1.807, 2.05) is 20.8 Å². The third-order valence-corrected chi connectivity index (χ3v) is 4.27. The Morgan fingerprint density at radius 1 is 1.00 bits per heavy atom. The number of halogens is 3. The highest BCUT2D eigenvalue weighted by Crippen LogP contribution is 2.30. The minimum absolute atomic E-state index is 0.00268. The van der Waals surface area contributed by atoms with Gasteiger partial charge in [0, 0.05) is 12.1 Å². The molecule has 0 radical (unpaired) electrons. The topological polar surface area (TPSA) is 66.4 Å². The van der Waals surface area contributed by atoms with Gasteiger partial charge < -0.3 is 10.4 Å². The highest BCUT2D eigenvalue weighted by molar-refractivity contribution is 6.42. The van der Waals surface area contributed by atoms with Gasteiger partial charge in [0.2, 0.25) is 5.78 Å². The molecular formula is C21H22F3NO3. The number of carbonyl (C=O) groups is 2. The third-order valence-electron chi connectivity index (χ3n) is 4.27. The zero-order chi connectivity index (χ0) is 21.1. The second-order valence-electron chi connectivity index (χ2n) is 7.51. The van der Waals surface area contributed by atoms with Gasteiger partial charge in [-0.3, -0.25) is 9.59 Å². The Bertz CT molecular complexity index is 852. The lowest BCUT2D eigenvalue weighted by Crippen LogP contribution is -2.34. The number of ketones is 1. The lowest BCUT2D eigenvalue weighted by Gasteiger charge is -2.19. The minimum atomic E-state index is -4.53. The van der Waals surface area contributed by atoms with Crippen LogP contribution < -0.4 is 5.32 Å². The predicted molar refractivity (Wildman–Crippen MR) is 98.9 cm³/mol. The van der Waals surface area contributed by atoms with Crippen LogP contribution in [-0.4, -0.2) is 23.3 Å². The largest absolute Gasteiger partial charge is 0.416 e. The van der Waals surface area contributed by atoms with Gasteiger partial charge in [0.05, 0.1) is 11.7 Å². The lowest BCUT2D eigenvalue weighted by atomic mass is 9.86. The van der Waals surface area contributed by atoms with E-state index in [-0.39, 0.29) is 23.1 Å². The first kappa shape index (κ1) is 21.6. The van der Waals surface area contributed by atoms with Gasteiger partial charge in [-0.15, -0.1) is 0 Å². The van der Waals surface area contributed by atoms with Crippen LogP contribution in [-0.2, 0) is 16.4 Å². The minimum Gasteiger partial charge on any atom is -0.387 e. The first-order valence-electron chi connectivity index (χ1n) is 8.68. The molecule has 0 heterocycles. The van der Waals surface area contributed by atoms with E-state index in [1.165, 1.54) is 12.1 Å². The van der Waals surface area contributed by atoms with Gasteiger partial charge in [0.25, 0.3) is 5.91 Å². The summed E-state index contributed by atoms with van der Waals surface area (Å²) in [4.78, 5) is 24.2. The number of aliphatic hydroxyl groups excluding tert-OH is 1. The van der Waals surface area contributed by atoms with E-state index < -0.39 is 29.5 Å². The summed E-state index contributed by atoms with van der Waals surface area (Å²) < 4.78 is 38.2. The van der Waals surface area contributed by atoms with E-state index in [9.17, 15) is 27.9 Å². The molecule has 2 aromatic carbocycles. The van der Waals surface area contributed by atoms with Crippen LogP contribution in [0.1, 0.15) is 53.9 Å². The highest BCUT2D eigenvalue weighted by atomic mass is 19.4. The molecule has 0 aliphatic carbocycles. The monoisotopic (exact) mass is 393 g/mol. The molecule has 150 valence electrons.